The van der Waals surface area contributed by atoms with Crippen molar-refractivity contribution in [2.75, 3.05) is 0 Å². The lowest BCUT2D eigenvalue weighted by molar-refractivity contribution is 0.0995. The van der Waals surface area contributed by atoms with Crippen molar-refractivity contribution in [3.63, 3.8) is 0 Å². The Morgan fingerprint density at radius 3 is 1.36 bits per heavy atom. The molecule has 4 rings (SSSR count). The predicted molar refractivity (Wildman–Crippen MR) is 111 cm³/mol. The molecule has 0 radical (unpaired) electrons. The van der Waals surface area contributed by atoms with Crippen molar-refractivity contribution in [2.45, 2.75) is 5.41 Å². The zero-order valence-corrected chi connectivity index (χ0v) is 15.3. The van der Waals surface area contributed by atoms with Crippen LogP contribution in [0.1, 0.15) is 32.7 Å². The topological polar surface area (TPSA) is 56.0 Å². The Hall–Kier alpha value is -3.72. The van der Waals surface area contributed by atoms with Gasteiger partial charge in [-0.05, 0) is 28.3 Å². The first-order valence-corrected chi connectivity index (χ1v) is 9.16. The average molecular weight is 364 g/mol. The molecular weight excluding hydrogens is 344 g/mol. The van der Waals surface area contributed by atoms with Crippen LogP contribution in [-0.4, -0.2) is 10.9 Å². The van der Waals surface area contributed by atoms with Crippen LogP contribution < -0.4 is 5.73 Å². The third-order valence-electron chi connectivity index (χ3n) is 5.07. The third-order valence-corrected chi connectivity index (χ3v) is 5.07. The summed E-state index contributed by atoms with van der Waals surface area (Å²) in [7, 11) is 0. The van der Waals surface area contributed by atoms with Gasteiger partial charge in [0, 0.05) is 6.20 Å². The van der Waals surface area contributed by atoms with Gasteiger partial charge in [0.2, 0.25) is 0 Å². The molecule has 0 bridgehead atoms. The molecule has 4 aromatic rings. The average Bonchev–Trinajstić information content (AvgIpc) is 2.77. The molecule has 0 aliphatic carbocycles. The number of hydrogen-bond acceptors (Lipinski definition) is 2. The van der Waals surface area contributed by atoms with E-state index in [9.17, 15) is 4.79 Å². The SMILES string of the molecule is NC(=O)c1ccc(C(c2ccccc2)(c2ccccc2)c2ccccc2)cn1. The van der Waals surface area contributed by atoms with Gasteiger partial charge in [-0.3, -0.25) is 9.78 Å². The first kappa shape index (κ1) is 17.7. The summed E-state index contributed by atoms with van der Waals surface area (Å²) in [5, 5.41) is 0. The molecule has 0 atom stereocenters. The molecule has 0 unspecified atom stereocenters. The minimum atomic E-state index is -0.563. The van der Waals surface area contributed by atoms with Crippen molar-refractivity contribution in [1.82, 2.24) is 4.98 Å². The zero-order valence-electron chi connectivity index (χ0n) is 15.3. The number of benzene rings is 3. The Labute approximate surface area is 164 Å². The molecule has 0 saturated carbocycles. The van der Waals surface area contributed by atoms with Crippen LogP contribution >= 0.6 is 0 Å². The summed E-state index contributed by atoms with van der Waals surface area (Å²) >= 11 is 0. The van der Waals surface area contributed by atoms with E-state index >= 15 is 0 Å². The molecule has 3 nitrogen and oxygen atoms in total. The van der Waals surface area contributed by atoms with E-state index < -0.39 is 11.3 Å². The zero-order chi connectivity index (χ0) is 19.4. The van der Waals surface area contributed by atoms with Crippen LogP contribution in [0.25, 0.3) is 0 Å². The van der Waals surface area contributed by atoms with Gasteiger partial charge in [-0.15, -0.1) is 0 Å². The number of nitrogens with zero attached hydrogens (tertiary/aromatic N) is 1. The maximum Gasteiger partial charge on any atom is 0.267 e. The van der Waals surface area contributed by atoms with Gasteiger partial charge in [-0.1, -0.05) is 97.1 Å². The number of hydrogen-bond donors (Lipinski definition) is 1. The van der Waals surface area contributed by atoms with Crippen molar-refractivity contribution in [1.29, 1.82) is 0 Å². The van der Waals surface area contributed by atoms with E-state index in [-0.39, 0.29) is 5.69 Å². The maximum absolute atomic E-state index is 11.5. The molecule has 136 valence electrons. The number of rotatable bonds is 5. The number of pyridine rings is 1. The van der Waals surface area contributed by atoms with Gasteiger partial charge in [0.15, 0.2) is 0 Å². The third kappa shape index (κ3) is 2.97. The van der Waals surface area contributed by atoms with Crippen LogP contribution in [0.4, 0.5) is 0 Å². The van der Waals surface area contributed by atoms with Crippen molar-refractivity contribution in [2.24, 2.45) is 5.73 Å². The molecule has 0 aliphatic heterocycles. The fraction of sp³-hybridized carbons (Fsp3) is 0.0400. The van der Waals surface area contributed by atoms with Crippen LogP contribution in [0.3, 0.4) is 0 Å². The summed E-state index contributed by atoms with van der Waals surface area (Å²) in [6.45, 7) is 0. The van der Waals surface area contributed by atoms with Crippen LogP contribution in [0.15, 0.2) is 109 Å². The largest absolute Gasteiger partial charge is 0.364 e. The second-order valence-corrected chi connectivity index (χ2v) is 6.64. The van der Waals surface area contributed by atoms with Gasteiger partial charge in [0.05, 0.1) is 5.41 Å². The minimum Gasteiger partial charge on any atom is -0.364 e. The van der Waals surface area contributed by atoms with Crippen molar-refractivity contribution in [3.05, 3.63) is 137 Å². The lowest BCUT2D eigenvalue weighted by atomic mass is 9.65. The van der Waals surface area contributed by atoms with Gasteiger partial charge >= 0.3 is 0 Å². The second-order valence-electron chi connectivity index (χ2n) is 6.64. The Morgan fingerprint density at radius 1 is 0.607 bits per heavy atom. The Kier molecular flexibility index (Phi) is 4.73. The van der Waals surface area contributed by atoms with Crippen LogP contribution in [-0.2, 0) is 5.41 Å². The lowest BCUT2D eigenvalue weighted by Gasteiger charge is -2.36. The highest BCUT2D eigenvalue weighted by molar-refractivity contribution is 5.90. The van der Waals surface area contributed by atoms with Crippen LogP contribution in [0.2, 0.25) is 0 Å². The van der Waals surface area contributed by atoms with Crippen LogP contribution in [0.5, 0.6) is 0 Å². The molecule has 1 amide bonds. The molecule has 1 heterocycles. The Morgan fingerprint density at radius 2 is 1.04 bits per heavy atom. The van der Waals surface area contributed by atoms with E-state index in [1.54, 1.807) is 12.3 Å². The van der Waals surface area contributed by atoms with Gasteiger partial charge in [0.25, 0.3) is 5.91 Å². The number of amides is 1. The summed E-state index contributed by atoms with van der Waals surface area (Å²) in [4.78, 5) is 15.9. The van der Waals surface area contributed by atoms with E-state index in [4.69, 9.17) is 5.73 Å². The van der Waals surface area contributed by atoms with Gasteiger partial charge < -0.3 is 5.73 Å². The van der Waals surface area contributed by atoms with E-state index in [0.717, 1.165) is 22.3 Å². The van der Waals surface area contributed by atoms with Crippen LogP contribution in [0, 0.1) is 0 Å². The summed E-state index contributed by atoms with van der Waals surface area (Å²) in [5.74, 6) is -0.531. The highest BCUT2D eigenvalue weighted by Crippen LogP contribution is 2.44. The number of nitrogens with two attached hydrogens (primary N) is 1. The van der Waals surface area contributed by atoms with Crippen molar-refractivity contribution < 1.29 is 4.79 Å². The van der Waals surface area contributed by atoms with Crippen molar-refractivity contribution >= 4 is 5.91 Å². The molecule has 0 saturated heterocycles. The molecule has 3 heteroatoms. The number of primary amides is 1. The molecule has 0 fully saturated rings. The highest BCUT2D eigenvalue weighted by Gasteiger charge is 2.38. The summed E-state index contributed by atoms with van der Waals surface area (Å²) in [5.41, 5.74) is 9.45. The van der Waals surface area contributed by atoms with E-state index in [1.807, 2.05) is 60.7 Å². The smallest absolute Gasteiger partial charge is 0.267 e. The fourth-order valence-electron chi connectivity index (χ4n) is 3.83. The molecule has 1 aromatic heterocycles. The number of carbonyl (C=O) groups is 1. The quantitative estimate of drug-likeness (QED) is 0.528. The molecule has 3 aromatic carbocycles. The highest BCUT2D eigenvalue weighted by atomic mass is 16.1. The minimum absolute atomic E-state index is 0.256. The maximum atomic E-state index is 11.5. The molecule has 2 N–H and O–H groups in total. The summed E-state index contributed by atoms with van der Waals surface area (Å²) in [6, 6.07) is 34.7. The molecule has 0 aliphatic rings. The summed E-state index contributed by atoms with van der Waals surface area (Å²) < 4.78 is 0. The van der Waals surface area contributed by atoms with E-state index in [1.165, 1.54) is 0 Å². The molecule has 28 heavy (non-hydrogen) atoms. The number of carbonyl (C=O) groups excluding carboxylic acids is 1. The van der Waals surface area contributed by atoms with Crippen molar-refractivity contribution in [3.8, 4) is 0 Å². The van der Waals surface area contributed by atoms with Gasteiger partial charge in [-0.25, -0.2) is 0 Å². The van der Waals surface area contributed by atoms with Gasteiger partial charge in [-0.2, -0.15) is 0 Å². The second kappa shape index (κ2) is 7.49. The fourth-order valence-corrected chi connectivity index (χ4v) is 3.83. The van der Waals surface area contributed by atoms with Gasteiger partial charge in [0.1, 0.15) is 5.69 Å². The standard InChI is InChI=1S/C25H20N2O/c26-24(28)23-17-16-22(18-27-23)25(19-10-4-1-5-11-19,20-12-6-2-7-13-20)21-14-8-3-9-15-21/h1-18H,(H2,26,28). The van der Waals surface area contributed by atoms with E-state index in [2.05, 4.69) is 41.4 Å². The normalized spacial score (nSPS) is 11.1. The first-order valence-electron chi connectivity index (χ1n) is 9.16. The number of aromatic nitrogens is 1. The molecular formula is C25H20N2O. The summed E-state index contributed by atoms with van der Waals surface area (Å²) in [6.07, 6.45) is 1.76. The van der Waals surface area contributed by atoms with E-state index in [0.29, 0.717) is 0 Å². The Bertz CT molecular complexity index is 963. The first-order chi connectivity index (χ1) is 13.7. The monoisotopic (exact) mass is 364 g/mol. The lowest BCUT2D eigenvalue weighted by Crippen LogP contribution is -2.31. The predicted octanol–water partition coefficient (Wildman–Crippen LogP) is 4.56. The molecule has 0 spiro atoms. The Balaban J connectivity index is 2.08.